The van der Waals surface area contributed by atoms with E-state index >= 15 is 0 Å². The van der Waals surface area contributed by atoms with Gasteiger partial charge in [-0.1, -0.05) is 46.3 Å². The third kappa shape index (κ3) is 3.85. The molecule has 0 aliphatic carbocycles. The van der Waals surface area contributed by atoms with Crippen molar-refractivity contribution in [2.45, 2.75) is 0 Å². The van der Waals surface area contributed by atoms with Gasteiger partial charge in [0, 0.05) is 37.2 Å². The Morgan fingerprint density at radius 2 is 1.52 bits per heavy atom. The Morgan fingerprint density at radius 3 is 2.14 bits per heavy atom. The lowest BCUT2D eigenvalue weighted by atomic mass is 10.0. The minimum absolute atomic E-state index is 0.118. The first-order chi connectivity index (χ1) is 14.1. The number of hydrogen-bond acceptors (Lipinski definition) is 5. The molecular formula is C22H22BrN3O3. The zero-order valence-electron chi connectivity index (χ0n) is 15.9. The van der Waals surface area contributed by atoms with Gasteiger partial charge in [-0.2, -0.15) is 0 Å². The van der Waals surface area contributed by atoms with Crippen LogP contribution in [-0.4, -0.2) is 66.1 Å². The highest BCUT2D eigenvalue weighted by molar-refractivity contribution is 9.10. The van der Waals surface area contributed by atoms with Gasteiger partial charge in [-0.3, -0.25) is 14.5 Å². The lowest BCUT2D eigenvalue weighted by molar-refractivity contribution is -0.120. The van der Waals surface area contributed by atoms with E-state index in [2.05, 4.69) is 20.8 Å². The first kappa shape index (κ1) is 19.8. The predicted molar refractivity (Wildman–Crippen MR) is 115 cm³/mol. The third-order valence-electron chi connectivity index (χ3n) is 5.31. The number of amides is 2. The molecule has 2 aliphatic heterocycles. The van der Waals surface area contributed by atoms with E-state index < -0.39 is 0 Å². The number of benzene rings is 2. The van der Waals surface area contributed by atoms with Crippen LogP contribution in [0.1, 0.15) is 5.56 Å². The molecule has 1 saturated heterocycles. The van der Waals surface area contributed by atoms with Crippen molar-refractivity contribution in [2.75, 3.05) is 44.2 Å². The van der Waals surface area contributed by atoms with Crippen molar-refractivity contribution in [3.63, 3.8) is 0 Å². The quantitative estimate of drug-likeness (QED) is 0.700. The number of halogens is 1. The van der Waals surface area contributed by atoms with Gasteiger partial charge in [0.05, 0.1) is 17.9 Å². The number of hydrogen-bond donors (Lipinski definition) is 1. The maximum atomic E-state index is 13.4. The number of carbonyl (C=O) groups is 2. The second-order valence-corrected chi connectivity index (χ2v) is 7.98. The highest BCUT2D eigenvalue weighted by Gasteiger charge is 2.42. The molecule has 2 amide bonds. The van der Waals surface area contributed by atoms with Crippen molar-refractivity contribution in [2.24, 2.45) is 0 Å². The molecule has 0 unspecified atom stereocenters. The largest absolute Gasteiger partial charge is 0.395 e. The van der Waals surface area contributed by atoms with Crippen LogP contribution in [0.15, 0.2) is 64.8 Å². The van der Waals surface area contributed by atoms with Crippen molar-refractivity contribution >= 4 is 39.0 Å². The lowest BCUT2D eigenvalue weighted by Crippen LogP contribution is -2.48. The standard InChI is InChI=1S/C22H22BrN3O3/c23-17-6-8-18(9-7-17)26-21(28)19(16-4-2-1-3-5-16)20(22(26)29)25-12-10-24(11-13-25)14-15-27/h1-9,27H,10-15H2. The normalized spacial score (nSPS) is 18.1. The van der Waals surface area contributed by atoms with E-state index in [9.17, 15) is 14.7 Å². The smallest absolute Gasteiger partial charge is 0.282 e. The van der Waals surface area contributed by atoms with Gasteiger partial charge in [0.25, 0.3) is 11.8 Å². The number of imide groups is 1. The molecule has 2 aromatic carbocycles. The van der Waals surface area contributed by atoms with E-state index in [1.54, 1.807) is 12.1 Å². The Bertz CT molecular complexity index is 936. The second kappa shape index (κ2) is 8.49. The Kier molecular flexibility index (Phi) is 5.80. The van der Waals surface area contributed by atoms with Gasteiger partial charge >= 0.3 is 0 Å². The number of aliphatic hydroxyl groups excluding tert-OH is 1. The third-order valence-corrected chi connectivity index (χ3v) is 5.84. The van der Waals surface area contributed by atoms with E-state index in [0.717, 1.165) is 23.1 Å². The minimum Gasteiger partial charge on any atom is -0.395 e. The van der Waals surface area contributed by atoms with Crippen LogP contribution >= 0.6 is 15.9 Å². The lowest BCUT2D eigenvalue weighted by Gasteiger charge is -2.36. The number of rotatable bonds is 5. The molecule has 6 nitrogen and oxygen atoms in total. The zero-order chi connectivity index (χ0) is 20.4. The monoisotopic (exact) mass is 455 g/mol. The van der Waals surface area contributed by atoms with Gasteiger partial charge in [-0.25, -0.2) is 4.90 Å². The van der Waals surface area contributed by atoms with Crippen LogP contribution in [-0.2, 0) is 9.59 Å². The van der Waals surface area contributed by atoms with E-state index in [1.165, 1.54) is 4.90 Å². The molecule has 2 heterocycles. The van der Waals surface area contributed by atoms with Crippen LogP contribution in [0.25, 0.3) is 5.57 Å². The van der Waals surface area contributed by atoms with Crippen LogP contribution in [0.4, 0.5) is 5.69 Å². The van der Waals surface area contributed by atoms with Crippen molar-refractivity contribution in [1.29, 1.82) is 0 Å². The van der Waals surface area contributed by atoms with Gasteiger partial charge in [-0.15, -0.1) is 0 Å². The van der Waals surface area contributed by atoms with Gasteiger partial charge < -0.3 is 10.0 Å². The summed E-state index contributed by atoms with van der Waals surface area (Å²) in [5.41, 5.74) is 2.23. The Morgan fingerprint density at radius 1 is 0.862 bits per heavy atom. The zero-order valence-corrected chi connectivity index (χ0v) is 17.5. The number of β-amino-alcohol motifs (C(OH)–C–C–N with tert-alkyl or cyclic N) is 1. The second-order valence-electron chi connectivity index (χ2n) is 7.06. The molecule has 0 aromatic heterocycles. The van der Waals surface area contributed by atoms with Gasteiger partial charge in [0.15, 0.2) is 0 Å². The summed E-state index contributed by atoms with van der Waals surface area (Å²) in [5.74, 6) is -0.580. The summed E-state index contributed by atoms with van der Waals surface area (Å²) in [4.78, 5) is 32.3. The first-order valence-electron chi connectivity index (χ1n) is 9.62. The molecule has 0 saturated carbocycles. The van der Waals surface area contributed by atoms with Crippen LogP contribution in [0, 0.1) is 0 Å². The van der Waals surface area contributed by atoms with E-state index in [1.807, 2.05) is 47.4 Å². The average Bonchev–Trinajstić information content (AvgIpc) is 3.00. The average molecular weight is 456 g/mol. The predicted octanol–water partition coefficient (Wildman–Crippen LogP) is 2.34. The molecule has 29 heavy (non-hydrogen) atoms. The molecular weight excluding hydrogens is 434 g/mol. The van der Waals surface area contributed by atoms with Crippen molar-refractivity contribution < 1.29 is 14.7 Å². The van der Waals surface area contributed by atoms with E-state index in [-0.39, 0.29) is 18.4 Å². The summed E-state index contributed by atoms with van der Waals surface area (Å²) < 4.78 is 0.886. The Hall–Kier alpha value is -2.48. The van der Waals surface area contributed by atoms with Crippen LogP contribution < -0.4 is 4.90 Å². The summed E-state index contributed by atoms with van der Waals surface area (Å²) in [7, 11) is 0. The Labute approximate surface area is 178 Å². The molecule has 2 aromatic rings. The highest BCUT2D eigenvalue weighted by Crippen LogP contribution is 2.35. The summed E-state index contributed by atoms with van der Waals surface area (Å²) in [6.07, 6.45) is 0. The fourth-order valence-electron chi connectivity index (χ4n) is 3.84. The fraction of sp³-hybridized carbons (Fsp3) is 0.273. The van der Waals surface area contributed by atoms with Gasteiger partial charge in [0.1, 0.15) is 5.70 Å². The maximum absolute atomic E-state index is 13.4. The molecule has 1 fully saturated rings. The molecule has 7 heteroatoms. The summed E-state index contributed by atoms with van der Waals surface area (Å²) in [6, 6.07) is 16.6. The minimum atomic E-state index is -0.295. The summed E-state index contributed by atoms with van der Waals surface area (Å²) in [6.45, 7) is 3.50. The molecule has 0 bridgehead atoms. The molecule has 1 N–H and O–H groups in total. The number of nitrogens with zero attached hydrogens (tertiary/aromatic N) is 3. The molecule has 2 aliphatic rings. The molecule has 4 rings (SSSR count). The molecule has 150 valence electrons. The fourth-order valence-corrected chi connectivity index (χ4v) is 4.10. The van der Waals surface area contributed by atoms with Crippen molar-refractivity contribution in [3.05, 3.63) is 70.3 Å². The molecule has 0 atom stereocenters. The van der Waals surface area contributed by atoms with Crippen LogP contribution in [0.5, 0.6) is 0 Å². The number of aliphatic hydroxyl groups is 1. The maximum Gasteiger partial charge on any atom is 0.282 e. The van der Waals surface area contributed by atoms with Crippen LogP contribution in [0.2, 0.25) is 0 Å². The Balaban J connectivity index is 1.72. The number of anilines is 1. The summed E-state index contributed by atoms with van der Waals surface area (Å²) in [5, 5.41) is 9.17. The van der Waals surface area contributed by atoms with Crippen molar-refractivity contribution in [1.82, 2.24) is 9.80 Å². The molecule has 0 radical (unpaired) electrons. The number of carbonyl (C=O) groups excluding carboxylic acids is 2. The van der Waals surface area contributed by atoms with Gasteiger partial charge in [0.2, 0.25) is 0 Å². The van der Waals surface area contributed by atoms with E-state index in [0.29, 0.717) is 36.6 Å². The van der Waals surface area contributed by atoms with Crippen molar-refractivity contribution in [3.8, 4) is 0 Å². The first-order valence-corrected chi connectivity index (χ1v) is 10.4. The SMILES string of the molecule is O=C1C(c2ccccc2)=C(N2CCN(CCO)CC2)C(=O)N1c1ccc(Br)cc1. The number of piperazine rings is 1. The summed E-state index contributed by atoms with van der Waals surface area (Å²) >= 11 is 3.40. The highest BCUT2D eigenvalue weighted by atomic mass is 79.9. The topological polar surface area (TPSA) is 64.1 Å². The van der Waals surface area contributed by atoms with E-state index in [4.69, 9.17) is 0 Å². The van der Waals surface area contributed by atoms with Crippen LogP contribution in [0.3, 0.4) is 0 Å². The molecule has 0 spiro atoms. The van der Waals surface area contributed by atoms with Gasteiger partial charge in [-0.05, 0) is 29.8 Å².